The largest absolute Gasteiger partial charge is 0.316 e. The Labute approximate surface area is 97.0 Å². The van der Waals surface area contributed by atoms with E-state index in [1.165, 1.54) is 45.2 Å². The molecule has 1 nitrogen and oxygen atoms in total. The molecule has 0 saturated carbocycles. The van der Waals surface area contributed by atoms with E-state index < -0.39 is 0 Å². The van der Waals surface area contributed by atoms with Crippen LogP contribution in [0.2, 0.25) is 0 Å². The number of hydrogen-bond acceptors (Lipinski definition) is 1. The molecule has 0 amide bonds. The first-order chi connectivity index (χ1) is 7.08. The van der Waals surface area contributed by atoms with Crippen LogP contribution in [-0.2, 0) is 0 Å². The van der Waals surface area contributed by atoms with Crippen molar-refractivity contribution in [1.82, 2.24) is 5.32 Å². The molecule has 1 N–H and O–H groups in total. The Bertz CT molecular complexity index is 144. The predicted molar refractivity (Wildman–Crippen MR) is 70.2 cm³/mol. The summed E-state index contributed by atoms with van der Waals surface area (Å²) in [6.45, 7) is 14.0. The molecule has 0 aromatic carbocycles. The lowest BCUT2D eigenvalue weighted by Crippen LogP contribution is -2.33. The zero-order valence-electron chi connectivity index (χ0n) is 11.5. The molecule has 0 aromatic heterocycles. The Kier molecular flexibility index (Phi) is 8.13. The van der Waals surface area contributed by atoms with Crippen LogP contribution in [0.5, 0.6) is 0 Å². The highest BCUT2D eigenvalue weighted by molar-refractivity contribution is 4.78. The molecule has 0 radical (unpaired) electrons. The van der Waals surface area contributed by atoms with E-state index in [-0.39, 0.29) is 0 Å². The van der Waals surface area contributed by atoms with Gasteiger partial charge in [0.15, 0.2) is 0 Å². The van der Waals surface area contributed by atoms with Gasteiger partial charge < -0.3 is 5.32 Å². The molecule has 92 valence electrons. The number of rotatable bonds is 9. The molecular weight excluding hydrogens is 182 g/mol. The van der Waals surface area contributed by atoms with Crippen LogP contribution in [0.4, 0.5) is 0 Å². The molecule has 0 aliphatic heterocycles. The lowest BCUT2D eigenvalue weighted by molar-refractivity contribution is 0.214. The third-order valence-corrected chi connectivity index (χ3v) is 3.37. The minimum atomic E-state index is 0.513. The molecule has 0 bridgehead atoms. The average Bonchev–Trinajstić information content (AvgIpc) is 2.18. The minimum absolute atomic E-state index is 0.513. The summed E-state index contributed by atoms with van der Waals surface area (Å²) in [7, 11) is 0. The molecule has 0 fully saturated rings. The minimum Gasteiger partial charge on any atom is -0.316 e. The normalized spacial score (nSPS) is 17.4. The highest BCUT2D eigenvalue weighted by atomic mass is 14.9. The Balaban J connectivity index is 4.05. The SMILES string of the molecule is CCCNCC(C)(CCC)CC(C)CC. The molecule has 0 spiro atoms. The van der Waals surface area contributed by atoms with Gasteiger partial charge >= 0.3 is 0 Å². The van der Waals surface area contributed by atoms with Gasteiger partial charge in [-0.25, -0.2) is 0 Å². The fourth-order valence-corrected chi connectivity index (χ4v) is 2.42. The summed E-state index contributed by atoms with van der Waals surface area (Å²) in [5, 5.41) is 3.59. The lowest BCUT2D eigenvalue weighted by Gasteiger charge is -2.32. The molecule has 1 heteroatoms. The summed E-state index contributed by atoms with van der Waals surface area (Å²) in [6, 6.07) is 0. The maximum absolute atomic E-state index is 3.59. The Hall–Kier alpha value is -0.0400. The molecule has 2 unspecified atom stereocenters. The molecule has 0 aliphatic rings. The van der Waals surface area contributed by atoms with Crippen molar-refractivity contribution in [3.8, 4) is 0 Å². The average molecular weight is 213 g/mol. The predicted octanol–water partition coefficient (Wildman–Crippen LogP) is 4.23. The maximum Gasteiger partial charge on any atom is 0.000526 e. The first-order valence-corrected chi connectivity index (χ1v) is 6.78. The summed E-state index contributed by atoms with van der Waals surface area (Å²) in [4.78, 5) is 0. The monoisotopic (exact) mass is 213 g/mol. The van der Waals surface area contributed by atoms with E-state index in [4.69, 9.17) is 0 Å². The Morgan fingerprint density at radius 2 is 1.80 bits per heavy atom. The van der Waals surface area contributed by atoms with Gasteiger partial charge in [-0.05, 0) is 37.1 Å². The van der Waals surface area contributed by atoms with Crippen molar-refractivity contribution in [2.24, 2.45) is 11.3 Å². The molecule has 0 aromatic rings. The number of nitrogens with one attached hydrogen (secondary N) is 1. The number of hydrogen-bond donors (Lipinski definition) is 1. The molecular formula is C14H31N. The summed E-state index contributed by atoms with van der Waals surface area (Å²) in [6.07, 6.45) is 6.58. The molecule has 0 saturated heterocycles. The van der Waals surface area contributed by atoms with Gasteiger partial charge in [-0.1, -0.05) is 47.5 Å². The first kappa shape index (κ1) is 15.0. The Morgan fingerprint density at radius 1 is 1.13 bits per heavy atom. The van der Waals surface area contributed by atoms with Crippen molar-refractivity contribution in [2.45, 2.75) is 66.7 Å². The van der Waals surface area contributed by atoms with Gasteiger partial charge in [0.2, 0.25) is 0 Å². The van der Waals surface area contributed by atoms with E-state index in [9.17, 15) is 0 Å². The zero-order chi connectivity index (χ0) is 11.7. The standard InChI is InChI=1S/C14H31N/c1-6-9-14(5,11-13(4)8-3)12-15-10-7-2/h13,15H,6-12H2,1-5H3. The van der Waals surface area contributed by atoms with Crippen LogP contribution in [0.15, 0.2) is 0 Å². The van der Waals surface area contributed by atoms with Crippen LogP contribution in [-0.4, -0.2) is 13.1 Å². The second-order valence-electron chi connectivity index (χ2n) is 5.45. The van der Waals surface area contributed by atoms with Gasteiger partial charge in [0.05, 0.1) is 0 Å². The molecule has 15 heavy (non-hydrogen) atoms. The smallest absolute Gasteiger partial charge is 0.000526 e. The summed E-state index contributed by atoms with van der Waals surface area (Å²) >= 11 is 0. The van der Waals surface area contributed by atoms with Crippen molar-refractivity contribution in [1.29, 1.82) is 0 Å². The van der Waals surface area contributed by atoms with Gasteiger partial charge in [0.25, 0.3) is 0 Å². The van der Waals surface area contributed by atoms with E-state index in [1.807, 2.05) is 0 Å². The van der Waals surface area contributed by atoms with Crippen molar-refractivity contribution < 1.29 is 0 Å². The highest BCUT2D eigenvalue weighted by Gasteiger charge is 2.24. The third-order valence-electron chi connectivity index (χ3n) is 3.37. The third kappa shape index (κ3) is 6.94. The maximum atomic E-state index is 3.59. The van der Waals surface area contributed by atoms with E-state index in [0.717, 1.165) is 5.92 Å². The van der Waals surface area contributed by atoms with Crippen molar-refractivity contribution in [3.63, 3.8) is 0 Å². The zero-order valence-corrected chi connectivity index (χ0v) is 11.5. The van der Waals surface area contributed by atoms with Gasteiger partial charge in [-0.15, -0.1) is 0 Å². The van der Waals surface area contributed by atoms with Crippen molar-refractivity contribution >= 4 is 0 Å². The van der Waals surface area contributed by atoms with Gasteiger partial charge in [-0.3, -0.25) is 0 Å². The highest BCUT2D eigenvalue weighted by Crippen LogP contribution is 2.31. The van der Waals surface area contributed by atoms with Crippen LogP contribution in [0.1, 0.15) is 66.7 Å². The van der Waals surface area contributed by atoms with E-state index in [0.29, 0.717) is 5.41 Å². The van der Waals surface area contributed by atoms with Gasteiger partial charge in [0, 0.05) is 6.54 Å². The second kappa shape index (κ2) is 8.15. The molecule has 0 heterocycles. The topological polar surface area (TPSA) is 12.0 Å². The Morgan fingerprint density at radius 3 is 2.27 bits per heavy atom. The van der Waals surface area contributed by atoms with E-state index in [2.05, 4.69) is 39.9 Å². The van der Waals surface area contributed by atoms with Crippen LogP contribution in [0.25, 0.3) is 0 Å². The molecule has 0 rings (SSSR count). The molecule has 0 aliphatic carbocycles. The van der Waals surface area contributed by atoms with E-state index >= 15 is 0 Å². The van der Waals surface area contributed by atoms with Crippen LogP contribution < -0.4 is 5.32 Å². The van der Waals surface area contributed by atoms with Gasteiger partial charge in [-0.2, -0.15) is 0 Å². The van der Waals surface area contributed by atoms with Crippen molar-refractivity contribution in [2.75, 3.05) is 13.1 Å². The molecule has 2 atom stereocenters. The quantitative estimate of drug-likeness (QED) is 0.565. The van der Waals surface area contributed by atoms with Crippen LogP contribution in [0, 0.1) is 11.3 Å². The summed E-state index contributed by atoms with van der Waals surface area (Å²) in [5.74, 6) is 0.866. The lowest BCUT2D eigenvalue weighted by atomic mass is 9.77. The van der Waals surface area contributed by atoms with Crippen LogP contribution in [0.3, 0.4) is 0 Å². The summed E-state index contributed by atoms with van der Waals surface area (Å²) in [5.41, 5.74) is 0.513. The van der Waals surface area contributed by atoms with E-state index in [1.54, 1.807) is 0 Å². The van der Waals surface area contributed by atoms with Crippen molar-refractivity contribution in [3.05, 3.63) is 0 Å². The van der Waals surface area contributed by atoms with Gasteiger partial charge in [0.1, 0.15) is 0 Å². The fourth-order valence-electron chi connectivity index (χ4n) is 2.42. The van der Waals surface area contributed by atoms with Crippen LogP contribution >= 0.6 is 0 Å². The summed E-state index contributed by atoms with van der Waals surface area (Å²) < 4.78 is 0. The first-order valence-electron chi connectivity index (χ1n) is 6.78. The fraction of sp³-hybridized carbons (Fsp3) is 1.00. The second-order valence-corrected chi connectivity index (χ2v) is 5.45.